The molecule has 0 bridgehead atoms. The minimum atomic E-state index is 0.130. The van der Waals surface area contributed by atoms with Crippen molar-refractivity contribution in [3.63, 3.8) is 0 Å². The van der Waals surface area contributed by atoms with Crippen LogP contribution in [-0.4, -0.2) is 35.1 Å². The van der Waals surface area contributed by atoms with Crippen LogP contribution in [-0.2, 0) is 18.3 Å². The molecule has 1 fully saturated rings. The Balaban J connectivity index is 1.57. The van der Waals surface area contributed by atoms with Crippen LogP contribution in [0.3, 0.4) is 0 Å². The van der Waals surface area contributed by atoms with E-state index in [-0.39, 0.29) is 11.9 Å². The van der Waals surface area contributed by atoms with Crippen molar-refractivity contribution in [1.29, 1.82) is 0 Å². The van der Waals surface area contributed by atoms with Gasteiger partial charge >= 0.3 is 0 Å². The molecule has 5 nitrogen and oxygen atoms in total. The summed E-state index contributed by atoms with van der Waals surface area (Å²) >= 11 is 6.41. The largest absolute Gasteiger partial charge is 0.489 e. The molecule has 1 aromatic carbocycles. The number of halogens is 1. The van der Waals surface area contributed by atoms with Crippen molar-refractivity contribution in [2.75, 3.05) is 19.8 Å². The highest BCUT2D eigenvalue weighted by molar-refractivity contribution is 6.32. The summed E-state index contributed by atoms with van der Waals surface area (Å²) in [5.41, 5.74) is 2.07. The van der Waals surface area contributed by atoms with Crippen molar-refractivity contribution < 1.29 is 14.3 Å². The Morgan fingerprint density at radius 2 is 2.04 bits per heavy atom. The van der Waals surface area contributed by atoms with E-state index in [0.29, 0.717) is 36.2 Å². The Morgan fingerprint density at radius 3 is 2.86 bits per heavy atom. The third-order valence-electron chi connectivity index (χ3n) is 5.62. The lowest BCUT2D eigenvalue weighted by atomic mass is 10.0. The maximum absolute atomic E-state index is 13.3. The van der Waals surface area contributed by atoms with Crippen LogP contribution < -0.4 is 9.47 Å². The molecule has 28 heavy (non-hydrogen) atoms. The number of ether oxygens (including phenoxy) is 2. The number of fused-ring (bicyclic) bond motifs is 1. The Labute approximate surface area is 171 Å². The van der Waals surface area contributed by atoms with E-state index in [4.69, 9.17) is 21.1 Å². The molecule has 1 aromatic heterocycles. The number of carbonyl (C=O) groups is 1. The molecule has 3 heterocycles. The molecule has 2 aliphatic heterocycles. The highest BCUT2D eigenvalue weighted by Gasteiger charge is 2.28. The fourth-order valence-corrected chi connectivity index (χ4v) is 4.49. The number of amides is 1. The fourth-order valence-electron chi connectivity index (χ4n) is 4.20. The van der Waals surface area contributed by atoms with Gasteiger partial charge < -0.3 is 18.9 Å². The average molecular weight is 403 g/mol. The standard InChI is InChI=1S/C22H27ClN2O3/c1-24-9-5-8-18(24)19-7-3-2-4-10-25(19)21(26)15-16-13-17(23)22-20(14-16)27-11-6-12-28-22/h5,8-9,13-14,19H,2-4,6-7,10-12,15H2,1H3. The second-order valence-electron chi connectivity index (χ2n) is 7.63. The number of hydrogen-bond acceptors (Lipinski definition) is 3. The monoisotopic (exact) mass is 402 g/mol. The predicted octanol–water partition coefficient (Wildman–Crippen LogP) is 4.53. The summed E-state index contributed by atoms with van der Waals surface area (Å²) in [7, 11) is 2.05. The van der Waals surface area contributed by atoms with Crippen molar-refractivity contribution in [2.24, 2.45) is 7.05 Å². The van der Waals surface area contributed by atoms with Gasteiger partial charge in [0, 0.05) is 31.9 Å². The number of benzene rings is 1. The molecule has 0 spiro atoms. The van der Waals surface area contributed by atoms with E-state index in [1.807, 2.05) is 31.4 Å². The highest BCUT2D eigenvalue weighted by Crippen LogP contribution is 2.38. The van der Waals surface area contributed by atoms with Crippen LogP contribution in [0.4, 0.5) is 0 Å². The highest BCUT2D eigenvalue weighted by atomic mass is 35.5. The van der Waals surface area contributed by atoms with E-state index in [2.05, 4.69) is 15.5 Å². The van der Waals surface area contributed by atoms with Crippen molar-refractivity contribution in [2.45, 2.75) is 44.6 Å². The topological polar surface area (TPSA) is 43.7 Å². The first-order valence-corrected chi connectivity index (χ1v) is 10.5. The number of hydrogen-bond donors (Lipinski definition) is 0. The van der Waals surface area contributed by atoms with Crippen LogP contribution in [0.5, 0.6) is 11.5 Å². The lowest BCUT2D eigenvalue weighted by molar-refractivity contribution is -0.133. The van der Waals surface area contributed by atoms with Gasteiger partial charge in [-0.15, -0.1) is 0 Å². The summed E-state index contributed by atoms with van der Waals surface area (Å²) in [4.78, 5) is 15.3. The first-order valence-electron chi connectivity index (χ1n) is 10.1. The van der Waals surface area contributed by atoms with Crippen LogP contribution in [0.2, 0.25) is 5.02 Å². The van der Waals surface area contributed by atoms with E-state index in [0.717, 1.165) is 37.8 Å². The number of nitrogens with zero attached hydrogens (tertiary/aromatic N) is 2. The molecular formula is C22H27ClN2O3. The van der Waals surface area contributed by atoms with Crippen LogP contribution in [0, 0.1) is 0 Å². The van der Waals surface area contributed by atoms with Gasteiger partial charge in [0.15, 0.2) is 11.5 Å². The molecule has 0 aliphatic carbocycles. The lowest BCUT2D eigenvalue weighted by Gasteiger charge is -2.31. The molecule has 1 saturated heterocycles. The van der Waals surface area contributed by atoms with Crippen LogP contribution in [0.15, 0.2) is 30.5 Å². The Hall–Kier alpha value is -2.14. The number of rotatable bonds is 3. The predicted molar refractivity (Wildman–Crippen MR) is 109 cm³/mol. The molecule has 6 heteroatoms. The van der Waals surface area contributed by atoms with Crippen molar-refractivity contribution in [3.8, 4) is 11.5 Å². The van der Waals surface area contributed by atoms with E-state index < -0.39 is 0 Å². The number of likely N-dealkylation sites (tertiary alicyclic amines) is 1. The molecule has 0 radical (unpaired) electrons. The van der Waals surface area contributed by atoms with Gasteiger partial charge in [0.2, 0.25) is 5.91 Å². The summed E-state index contributed by atoms with van der Waals surface area (Å²) in [6, 6.07) is 8.04. The SMILES string of the molecule is Cn1cccc1C1CCCCCN1C(=O)Cc1cc(Cl)c2c(c1)OCCCO2. The van der Waals surface area contributed by atoms with Gasteiger partial charge in [-0.25, -0.2) is 0 Å². The smallest absolute Gasteiger partial charge is 0.227 e. The zero-order chi connectivity index (χ0) is 19.5. The van der Waals surface area contributed by atoms with Gasteiger partial charge in [0.05, 0.1) is 30.7 Å². The van der Waals surface area contributed by atoms with E-state index in [1.54, 1.807) is 0 Å². The lowest BCUT2D eigenvalue weighted by Crippen LogP contribution is -2.36. The third kappa shape index (κ3) is 4.00. The molecule has 4 rings (SSSR count). The molecule has 0 N–H and O–H groups in total. The van der Waals surface area contributed by atoms with Gasteiger partial charge in [-0.3, -0.25) is 4.79 Å². The Kier molecular flexibility index (Phi) is 5.81. The van der Waals surface area contributed by atoms with Gasteiger partial charge in [0.1, 0.15) is 0 Å². The van der Waals surface area contributed by atoms with Crippen molar-refractivity contribution in [1.82, 2.24) is 9.47 Å². The Morgan fingerprint density at radius 1 is 1.18 bits per heavy atom. The van der Waals surface area contributed by atoms with Crippen LogP contribution in [0.25, 0.3) is 0 Å². The zero-order valence-electron chi connectivity index (χ0n) is 16.3. The molecule has 2 aliphatic rings. The minimum Gasteiger partial charge on any atom is -0.489 e. The normalized spacial score (nSPS) is 19.8. The molecule has 1 atom stereocenters. The van der Waals surface area contributed by atoms with Gasteiger partial charge in [0.25, 0.3) is 0 Å². The van der Waals surface area contributed by atoms with Gasteiger partial charge in [-0.2, -0.15) is 0 Å². The molecule has 0 saturated carbocycles. The van der Waals surface area contributed by atoms with Crippen LogP contribution >= 0.6 is 11.6 Å². The molecule has 150 valence electrons. The zero-order valence-corrected chi connectivity index (χ0v) is 17.1. The Bertz CT molecular complexity index is 848. The molecule has 1 unspecified atom stereocenters. The van der Waals surface area contributed by atoms with E-state index >= 15 is 0 Å². The number of aromatic nitrogens is 1. The van der Waals surface area contributed by atoms with Gasteiger partial charge in [-0.05, 0) is 42.7 Å². The summed E-state index contributed by atoms with van der Waals surface area (Å²) < 4.78 is 13.6. The molecule has 2 aromatic rings. The first-order chi connectivity index (χ1) is 13.6. The van der Waals surface area contributed by atoms with E-state index in [1.165, 1.54) is 12.1 Å². The van der Waals surface area contributed by atoms with Crippen molar-refractivity contribution >= 4 is 17.5 Å². The van der Waals surface area contributed by atoms with Crippen LogP contribution in [0.1, 0.15) is 49.4 Å². The summed E-state index contributed by atoms with van der Waals surface area (Å²) in [6.07, 6.45) is 7.56. The fraction of sp³-hybridized carbons (Fsp3) is 0.500. The molecule has 1 amide bonds. The van der Waals surface area contributed by atoms with Crippen molar-refractivity contribution in [3.05, 3.63) is 46.7 Å². The second-order valence-corrected chi connectivity index (χ2v) is 8.04. The quantitative estimate of drug-likeness (QED) is 0.757. The maximum atomic E-state index is 13.3. The molecular weight excluding hydrogens is 376 g/mol. The second kappa shape index (κ2) is 8.48. The summed E-state index contributed by atoms with van der Waals surface area (Å²) in [6.45, 7) is 1.99. The van der Waals surface area contributed by atoms with Gasteiger partial charge in [-0.1, -0.05) is 24.4 Å². The third-order valence-corrected chi connectivity index (χ3v) is 5.90. The minimum absolute atomic E-state index is 0.130. The first kappa shape index (κ1) is 19.2. The number of carbonyl (C=O) groups excluding carboxylic acids is 1. The number of aryl methyl sites for hydroxylation is 1. The maximum Gasteiger partial charge on any atom is 0.227 e. The average Bonchev–Trinajstić information content (AvgIpc) is 2.88. The summed E-state index contributed by atoms with van der Waals surface area (Å²) in [5, 5.41) is 0.511. The van der Waals surface area contributed by atoms with E-state index in [9.17, 15) is 4.79 Å². The summed E-state index contributed by atoms with van der Waals surface area (Å²) in [5.74, 6) is 1.37.